The first kappa shape index (κ1) is 26.3. The molecule has 0 aliphatic heterocycles. The number of carbonyl (C=O) groups excluding carboxylic acids is 2. The molecule has 3 aromatic carbocycles. The molecular formula is C30H30FN5O3. The Kier molecular flexibility index (Phi) is 7.81. The first-order valence-corrected chi connectivity index (χ1v) is 12.8. The zero-order valence-corrected chi connectivity index (χ0v) is 21.6. The molecule has 1 fully saturated rings. The molecule has 0 saturated heterocycles. The number of halogens is 1. The molecule has 4 aromatic rings. The van der Waals surface area contributed by atoms with Crippen molar-refractivity contribution < 1.29 is 18.7 Å². The van der Waals surface area contributed by atoms with Crippen LogP contribution in [0.4, 0.5) is 10.1 Å². The largest absolute Gasteiger partial charge is 0.464 e. The molecule has 1 aliphatic carbocycles. The van der Waals surface area contributed by atoms with Crippen LogP contribution in [0.25, 0.3) is 5.69 Å². The summed E-state index contributed by atoms with van der Waals surface area (Å²) in [5.74, 6) is -1.25. The second-order valence-electron chi connectivity index (χ2n) is 9.58. The van der Waals surface area contributed by atoms with E-state index in [1.54, 1.807) is 30.3 Å². The second-order valence-corrected chi connectivity index (χ2v) is 9.58. The van der Waals surface area contributed by atoms with Gasteiger partial charge >= 0.3 is 5.97 Å². The number of nitrogens with two attached hydrogens (primary N) is 1. The van der Waals surface area contributed by atoms with Crippen LogP contribution in [0.5, 0.6) is 0 Å². The van der Waals surface area contributed by atoms with Crippen LogP contribution in [-0.2, 0) is 11.3 Å². The number of nitrogens with zero attached hydrogens (tertiary/aromatic N) is 2. The zero-order valence-electron chi connectivity index (χ0n) is 21.6. The maximum absolute atomic E-state index is 15.0. The van der Waals surface area contributed by atoms with Gasteiger partial charge in [0.05, 0.1) is 24.5 Å². The van der Waals surface area contributed by atoms with Crippen LogP contribution in [0.1, 0.15) is 56.6 Å². The molecule has 0 radical (unpaired) electrons. The number of rotatable bonds is 10. The monoisotopic (exact) mass is 527 g/mol. The maximum atomic E-state index is 15.0. The van der Waals surface area contributed by atoms with Crippen molar-refractivity contribution in [3.63, 3.8) is 0 Å². The predicted octanol–water partition coefficient (Wildman–Crippen LogP) is 4.60. The number of aromatic nitrogens is 2. The summed E-state index contributed by atoms with van der Waals surface area (Å²) in [4.78, 5) is 25.7. The number of anilines is 1. The lowest BCUT2D eigenvalue weighted by Gasteiger charge is -2.21. The SMILES string of the molecule is COC(=O)c1cc(C(=O)Nc2cc(C(NCC3CC3)c3ccccc3)ccc2F)n(-c2cccc(CN)c2)n1. The fraction of sp³-hybridized carbons (Fsp3) is 0.233. The molecule has 1 amide bonds. The molecule has 39 heavy (non-hydrogen) atoms. The van der Waals surface area contributed by atoms with Crippen molar-refractivity contribution in [3.8, 4) is 5.69 Å². The summed E-state index contributed by atoms with van der Waals surface area (Å²) in [6.45, 7) is 1.14. The molecule has 1 saturated carbocycles. The van der Waals surface area contributed by atoms with Crippen LogP contribution in [0.15, 0.2) is 78.9 Å². The van der Waals surface area contributed by atoms with Gasteiger partial charge in [0.2, 0.25) is 0 Å². The summed E-state index contributed by atoms with van der Waals surface area (Å²) in [6.07, 6.45) is 2.41. The lowest BCUT2D eigenvalue weighted by atomic mass is 9.97. The number of methoxy groups -OCH3 is 1. The van der Waals surface area contributed by atoms with Gasteiger partial charge in [-0.2, -0.15) is 5.10 Å². The Morgan fingerprint density at radius 1 is 1.05 bits per heavy atom. The first-order chi connectivity index (χ1) is 19.0. The zero-order chi connectivity index (χ0) is 27.4. The number of hydrogen-bond donors (Lipinski definition) is 3. The molecule has 1 unspecified atom stereocenters. The van der Waals surface area contributed by atoms with Gasteiger partial charge in [0, 0.05) is 12.6 Å². The molecule has 8 nitrogen and oxygen atoms in total. The van der Waals surface area contributed by atoms with Crippen molar-refractivity contribution in [2.75, 3.05) is 19.0 Å². The number of nitrogens with one attached hydrogen (secondary N) is 2. The molecule has 4 N–H and O–H groups in total. The Morgan fingerprint density at radius 2 is 1.85 bits per heavy atom. The predicted molar refractivity (Wildman–Crippen MR) is 146 cm³/mol. The van der Waals surface area contributed by atoms with E-state index >= 15 is 4.39 Å². The fourth-order valence-corrected chi connectivity index (χ4v) is 4.44. The number of esters is 1. The van der Waals surface area contributed by atoms with Crippen molar-refractivity contribution >= 4 is 17.6 Å². The fourth-order valence-electron chi connectivity index (χ4n) is 4.44. The number of ether oxygens (including phenoxy) is 1. The average Bonchev–Trinajstić information content (AvgIpc) is 3.69. The van der Waals surface area contributed by atoms with Crippen LogP contribution < -0.4 is 16.4 Å². The summed E-state index contributed by atoms with van der Waals surface area (Å²) in [5, 5.41) is 10.6. The third-order valence-corrected chi connectivity index (χ3v) is 6.74. The highest BCUT2D eigenvalue weighted by Gasteiger charge is 2.25. The molecule has 1 atom stereocenters. The molecule has 1 aromatic heterocycles. The molecule has 1 heterocycles. The van der Waals surface area contributed by atoms with E-state index in [1.165, 1.54) is 36.8 Å². The lowest BCUT2D eigenvalue weighted by molar-refractivity contribution is 0.0593. The maximum Gasteiger partial charge on any atom is 0.358 e. The van der Waals surface area contributed by atoms with Gasteiger partial charge in [-0.3, -0.25) is 4.79 Å². The third-order valence-electron chi connectivity index (χ3n) is 6.74. The van der Waals surface area contributed by atoms with E-state index in [-0.39, 0.29) is 29.7 Å². The number of carbonyl (C=O) groups is 2. The number of amides is 1. The molecule has 1 aliphatic rings. The van der Waals surface area contributed by atoms with E-state index in [0.29, 0.717) is 11.6 Å². The second kappa shape index (κ2) is 11.6. The highest BCUT2D eigenvalue weighted by atomic mass is 19.1. The summed E-state index contributed by atoms with van der Waals surface area (Å²) >= 11 is 0. The van der Waals surface area contributed by atoms with Gasteiger partial charge < -0.3 is 21.1 Å². The Hall–Kier alpha value is -4.34. The minimum Gasteiger partial charge on any atom is -0.464 e. The molecule has 200 valence electrons. The van der Waals surface area contributed by atoms with Gasteiger partial charge in [-0.05, 0) is 66.3 Å². The van der Waals surface area contributed by atoms with Crippen LogP contribution in [0, 0.1) is 11.7 Å². The lowest BCUT2D eigenvalue weighted by Crippen LogP contribution is -2.25. The Morgan fingerprint density at radius 3 is 2.56 bits per heavy atom. The van der Waals surface area contributed by atoms with Gasteiger partial charge in [0.15, 0.2) is 5.69 Å². The van der Waals surface area contributed by atoms with E-state index < -0.39 is 17.7 Å². The molecule has 0 spiro atoms. The van der Waals surface area contributed by atoms with Crippen LogP contribution in [-0.4, -0.2) is 35.3 Å². The van der Waals surface area contributed by atoms with Crippen molar-refractivity contribution in [1.29, 1.82) is 0 Å². The molecule has 9 heteroatoms. The topological polar surface area (TPSA) is 111 Å². The highest BCUT2D eigenvalue weighted by molar-refractivity contribution is 6.05. The minimum absolute atomic E-state index is 0.0229. The molecule has 0 bridgehead atoms. The first-order valence-electron chi connectivity index (χ1n) is 12.8. The normalized spacial score (nSPS) is 13.6. The van der Waals surface area contributed by atoms with Crippen LogP contribution in [0.2, 0.25) is 0 Å². The standard InChI is InChI=1S/C30H30FN5O3/c1-39-30(38)26-16-27(36(35-26)23-9-5-6-20(14-23)17-32)29(37)34-25-15-22(12-13-24(25)31)28(33-18-19-10-11-19)21-7-3-2-4-8-21/h2-9,12-16,19,28,33H,10-11,17-18,32H2,1H3,(H,34,37). The van der Waals surface area contributed by atoms with E-state index in [9.17, 15) is 9.59 Å². The third kappa shape index (κ3) is 6.05. The van der Waals surface area contributed by atoms with Crippen molar-refractivity contribution in [2.24, 2.45) is 11.7 Å². The minimum atomic E-state index is -0.696. The Bertz CT molecular complexity index is 1480. The van der Waals surface area contributed by atoms with Gasteiger partial charge in [-0.15, -0.1) is 0 Å². The van der Waals surface area contributed by atoms with Crippen molar-refractivity contribution in [2.45, 2.75) is 25.4 Å². The summed E-state index contributed by atoms with van der Waals surface area (Å²) < 4.78 is 21.1. The van der Waals surface area contributed by atoms with Crippen molar-refractivity contribution in [1.82, 2.24) is 15.1 Å². The van der Waals surface area contributed by atoms with Gasteiger partial charge in [0.25, 0.3) is 5.91 Å². The van der Waals surface area contributed by atoms with Gasteiger partial charge in [-0.1, -0.05) is 48.5 Å². The number of benzene rings is 3. The molecule has 5 rings (SSSR count). The highest BCUT2D eigenvalue weighted by Crippen LogP contribution is 2.31. The van der Waals surface area contributed by atoms with E-state index in [1.807, 2.05) is 36.4 Å². The quantitative estimate of drug-likeness (QED) is 0.260. The van der Waals surface area contributed by atoms with Gasteiger partial charge in [0.1, 0.15) is 11.5 Å². The van der Waals surface area contributed by atoms with Gasteiger partial charge in [-0.25, -0.2) is 13.9 Å². The summed E-state index contributed by atoms with van der Waals surface area (Å²) in [6, 6.07) is 22.9. The number of hydrogen-bond acceptors (Lipinski definition) is 6. The Labute approximate surface area is 226 Å². The van der Waals surface area contributed by atoms with Crippen molar-refractivity contribution in [3.05, 3.63) is 113 Å². The smallest absolute Gasteiger partial charge is 0.358 e. The molecular weight excluding hydrogens is 497 g/mol. The Balaban J connectivity index is 1.47. The van der Waals surface area contributed by atoms with E-state index in [4.69, 9.17) is 10.5 Å². The van der Waals surface area contributed by atoms with E-state index in [2.05, 4.69) is 15.7 Å². The summed E-state index contributed by atoms with van der Waals surface area (Å²) in [5.41, 5.74) is 9.00. The van der Waals surface area contributed by atoms with E-state index in [0.717, 1.165) is 23.2 Å². The summed E-state index contributed by atoms with van der Waals surface area (Å²) in [7, 11) is 1.23. The van der Waals surface area contributed by atoms with Crippen LogP contribution >= 0.6 is 0 Å². The average molecular weight is 528 g/mol. The van der Waals surface area contributed by atoms with Crippen LogP contribution in [0.3, 0.4) is 0 Å².